The molecule has 0 aliphatic heterocycles. The largest absolute Gasteiger partial charge is 0.772 e. The highest BCUT2D eigenvalue weighted by Gasteiger charge is 2.18. The van der Waals surface area contributed by atoms with Crippen molar-refractivity contribution in [2.45, 2.75) is 25.0 Å². The summed E-state index contributed by atoms with van der Waals surface area (Å²) in [7, 11) is 0. The molecule has 0 bridgehead atoms. The molecule has 58 valence electrons. The second kappa shape index (κ2) is 3.30. The fraction of sp³-hybridized carbons (Fsp3) is 0.714. The molecule has 0 heterocycles. The molecule has 10 heavy (non-hydrogen) atoms. The van der Waals surface area contributed by atoms with Crippen LogP contribution in [0.25, 0.3) is 0 Å². The first-order valence-electron chi connectivity index (χ1n) is 3.45. The summed E-state index contributed by atoms with van der Waals surface area (Å²) in [6, 6.07) is 0. The van der Waals surface area contributed by atoms with E-state index in [0.717, 1.165) is 6.42 Å². The quantitative estimate of drug-likeness (QED) is 0.426. The highest BCUT2D eigenvalue weighted by molar-refractivity contribution is 7.79. The molecule has 0 aromatic rings. The molecule has 0 saturated carbocycles. The third kappa shape index (κ3) is 1.67. The zero-order chi connectivity index (χ0) is 7.56. The molecule has 0 aromatic carbocycles. The third-order valence-corrected chi connectivity index (χ3v) is 3.08. The summed E-state index contributed by atoms with van der Waals surface area (Å²) in [5.74, 6) is 0.295. The standard InChI is InChI=1S/C7H12O2S/c1-6-4-2-3-5-7(6)10(8)9/h2-3,6-7H,4-5H2,1H3,(H,8,9)/p-1. The summed E-state index contributed by atoms with van der Waals surface area (Å²) < 4.78 is 21.1. The monoisotopic (exact) mass is 159 g/mol. The van der Waals surface area contributed by atoms with Gasteiger partial charge in [0.05, 0.1) is 0 Å². The topological polar surface area (TPSA) is 40.1 Å². The van der Waals surface area contributed by atoms with Crippen molar-refractivity contribution in [3.05, 3.63) is 12.2 Å². The summed E-state index contributed by atoms with van der Waals surface area (Å²) in [5.41, 5.74) is 0. The molecule has 3 atom stereocenters. The first kappa shape index (κ1) is 7.95. The van der Waals surface area contributed by atoms with Crippen molar-refractivity contribution in [1.29, 1.82) is 0 Å². The molecular formula is C7H11O2S-. The van der Waals surface area contributed by atoms with Crippen molar-refractivity contribution in [3.63, 3.8) is 0 Å². The van der Waals surface area contributed by atoms with Crippen LogP contribution in [0.5, 0.6) is 0 Å². The molecule has 0 fully saturated rings. The smallest absolute Gasteiger partial charge is 0.0278 e. The minimum Gasteiger partial charge on any atom is -0.772 e. The van der Waals surface area contributed by atoms with Crippen LogP contribution in [0.4, 0.5) is 0 Å². The molecular weight excluding hydrogens is 148 g/mol. The second-order valence-electron chi connectivity index (χ2n) is 2.72. The maximum atomic E-state index is 10.5. The average molecular weight is 159 g/mol. The zero-order valence-corrected chi connectivity index (χ0v) is 6.76. The highest BCUT2D eigenvalue weighted by atomic mass is 32.2. The lowest BCUT2D eigenvalue weighted by Gasteiger charge is -2.26. The van der Waals surface area contributed by atoms with Gasteiger partial charge in [0.25, 0.3) is 0 Å². The van der Waals surface area contributed by atoms with Gasteiger partial charge in [-0.1, -0.05) is 30.2 Å². The van der Waals surface area contributed by atoms with Crippen molar-refractivity contribution in [2.24, 2.45) is 5.92 Å². The van der Waals surface area contributed by atoms with Crippen LogP contribution < -0.4 is 0 Å². The Morgan fingerprint density at radius 2 is 2.10 bits per heavy atom. The molecule has 3 heteroatoms. The molecule has 0 saturated heterocycles. The molecule has 0 aromatic heterocycles. The van der Waals surface area contributed by atoms with Crippen LogP contribution in [-0.4, -0.2) is 14.0 Å². The van der Waals surface area contributed by atoms with Gasteiger partial charge in [0.1, 0.15) is 0 Å². The maximum Gasteiger partial charge on any atom is 0.0278 e. The Hall–Kier alpha value is -0.150. The van der Waals surface area contributed by atoms with E-state index in [2.05, 4.69) is 0 Å². The Labute approximate surface area is 63.6 Å². The van der Waals surface area contributed by atoms with Gasteiger partial charge in [-0.05, 0) is 18.8 Å². The summed E-state index contributed by atoms with van der Waals surface area (Å²) in [5, 5.41) is -0.148. The van der Waals surface area contributed by atoms with Gasteiger partial charge in [-0.15, -0.1) is 0 Å². The van der Waals surface area contributed by atoms with Crippen LogP contribution in [-0.2, 0) is 11.1 Å². The highest BCUT2D eigenvalue weighted by Crippen LogP contribution is 2.21. The lowest BCUT2D eigenvalue weighted by Crippen LogP contribution is -2.24. The van der Waals surface area contributed by atoms with Crippen molar-refractivity contribution in [1.82, 2.24) is 0 Å². The van der Waals surface area contributed by atoms with Gasteiger partial charge in [-0.3, -0.25) is 4.21 Å². The molecule has 1 rings (SSSR count). The predicted molar refractivity (Wildman–Crippen MR) is 40.2 cm³/mol. The average Bonchev–Trinajstić information content (AvgIpc) is 1.88. The summed E-state index contributed by atoms with van der Waals surface area (Å²) in [6.07, 6.45) is 5.59. The molecule has 0 N–H and O–H groups in total. The van der Waals surface area contributed by atoms with Gasteiger partial charge in [0.15, 0.2) is 0 Å². The van der Waals surface area contributed by atoms with Crippen molar-refractivity contribution in [3.8, 4) is 0 Å². The molecule has 1 aliphatic carbocycles. The van der Waals surface area contributed by atoms with E-state index < -0.39 is 11.1 Å². The van der Waals surface area contributed by atoms with Crippen LogP contribution in [0, 0.1) is 5.92 Å². The van der Waals surface area contributed by atoms with E-state index in [1.54, 1.807) is 0 Å². The van der Waals surface area contributed by atoms with Crippen LogP contribution in [0.2, 0.25) is 0 Å². The van der Waals surface area contributed by atoms with Crippen molar-refractivity contribution < 1.29 is 8.76 Å². The summed E-state index contributed by atoms with van der Waals surface area (Å²) in [6.45, 7) is 1.98. The van der Waals surface area contributed by atoms with E-state index in [4.69, 9.17) is 0 Å². The van der Waals surface area contributed by atoms with Crippen molar-refractivity contribution in [2.75, 3.05) is 0 Å². The first-order chi connectivity index (χ1) is 4.72. The van der Waals surface area contributed by atoms with E-state index in [0.29, 0.717) is 12.3 Å². The Balaban J connectivity index is 2.59. The van der Waals surface area contributed by atoms with Crippen LogP contribution in [0.1, 0.15) is 19.8 Å². The molecule has 0 spiro atoms. The maximum absolute atomic E-state index is 10.5. The lowest BCUT2D eigenvalue weighted by molar-refractivity contribution is 0.467. The van der Waals surface area contributed by atoms with E-state index in [1.165, 1.54) is 0 Å². The van der Waals surface area contributed by atoms with Crippen molar-refractivity contribution >= 4 is 11.1 Å². The number of rotatable bonds is 1. The fourth-order valence-corrected chi connectivity index (χ4v) is 1.95. The van der Waals surface area contributed by atoms with Gasteiger partial charge < -0.3 is 4.55 Å². The van der Waals surface area contributed by atoms with Gasteiger partial charge >= 0.3 is 0 Å². The van der Waals surface area contributed by atoms with Crippen LogP contribution >= 0.6 is 0 Å². The van der Waals surface area contributed by atoms with E-state index >= 15 is 0 Å². The summed E-state index contributed by atoms with van der Waals surface area (Å²) >= 11 is -1.88. The number of allylic oxidation sites excluding steroid dienone is 2. The van der Waals surface area contributed by atoms with Gasteiger partial charge in [-0.25, -0.2) is 0 Å². The SMILES string of the molecule is CC1CC=CCC1S(=O)[O-]. The summed E-state index contributed by atoms with van der Waals surface area (Å²) in [4.78, 5) is 0. The normalized spacial score (nSPS) is 35.8. The van der Waals surface area contributed by atoms with E-state index in [9.17, 15) is 8.76 Å². The van der Waals surface area contributed by atoms with Gasteiger partial charge in [0.2, 0.25) is 0 Å². The minimum atomic E-state index is -1.88. The lowest BCUT2D eigenvalue weighted by atomic mass is 9.96. The number of hydrogen-bond donors (Lipinski definition) is 0. The zero-order valence-electron chi connectivity index (χ0n) is 5.95. The second-order valence-corrected chi connectivity index (χ2v) is 3.85. The van der Waals surface area contributed by atoms with Gasteiger partial charge in [-0.2, -0.15) is 0 Å². The van der Waals surface area contributed by atoms with E-state index in [1.807, 2.05) is 19.1 Å². The third-order valence-electron chi connectivity index (χ3n) is 1.92. The van der Waals surface area contributed by atoms with E-state index in [-0.39, 0.29) is 5.25 Å². The Morgan fingerprint density at radius 3 is 2.50 bits per heavy atom. The van der Waals surface area contributed by atoms with Crippen LogP contribution in [0.15, 0.2) is 12.2 Å². The fourth-order valence-electron chi connectivity index (χ4n) is 1.19. The molecule has 0 amide bonds. The molecule has 0 radical (unpaired) electrons. The molecule has 1 aliphatic rings. The molecule has 3 unspecified atom stereocenters. The van der Waals surface area contributed by atoms with Crippen LogP contribution in [0.3, 0.4) is 0 Å². The van der Waals surface area contributed by atoms with Gasteiger partial charge in [0, 0.05) is 5.25 Å². The predicted octanol–water partition coefficient (Wildman–Crippen LogP) is 1.22. The molecule has 2 nitrogen and oxygen atoms in total. The minimum absolute atomic E-state index is 0.148. The Bertz CT molecular complexity index is 165. The number of hydrogen-bond acceptors (Lipinski definition) is 2. The Morgan fingerprint density at radius 1 is 1.50 bits per heavy atom. The first-order valence-corrected chi connectivity index (χ1v) is 4.58. The Kier molecular flexibility index (Phi) is 2.63.